The van der Waals surface area contributed by atoms with Crippen molar-refractivity contribution in [2.75, 3.05) is 14.7 Å². The number of hydrogen-bond donors (Lipinski definition) is 0. The van der Waals surface area contributed by atoms with Gasteiger partial charge >= 0.3 is 0 Å². The van der Waals surface area contributed by atoms with Crippen molar-refractivity contribution in [1.29, 1.82) is 0 Å². The van der Waals surface area contributed by atoms with E-state index >= 15 is 0 Å². The molecule has 0 spiro atoms. The van der Waals surface area contributed by atoms with Crippen molar-refractivity contribution in [2.24, 2.45) is 0 Å². The van der Waals surface area contributed by atoms with Crippen molar-refractivity contribution >= 4 is 87.0 Å². The number of nitrogens with zero attached hydrogens (tertiary/aromatic N) is 3. The lowest BCUT2D eigenvalue weighted by Gasteiger charge is -2.52. The van der Waals surface area contributed by atoms with Gasteiger partial charge in [-0.1, -0.05) is 199 Å². The lowest BCUT2D eigenvalue weighted by Crippen LogP contribution is -2.79. The quantitative estimate of drug-likeness (QED) is 0.163. The third-order valence-electron chi connectivity index (χ3n) is 18.8. The van der Waals surface area contributed by atoms with E-state index in [0.717, 1.165) is 6.42 Å². The first-order chi connectivity index (χ1) is 34.2. The summed E-state index contributed by atoms with van der Waals surface area (Å²) < 4.78 is 0. The summed E-state index contributed by atoms with van der Waals surface area (Å²) in [5, 5.41) is 3.16. The lowest BCUT2D eigenvalue weighted by molar-refractivity contribution is 0.195. The van der Waals surface area contributed by atoms with Crippen molar-refractivity contribution in [3.63, 3.8) is 0 Å². The highest BCUT2D eigenvalue weighted by Crippen LogP contribution is 2.62. The van der Waals surface area contributed by atoms with Crippen molar-refractivity contribution in [3.05, 3.63) is 161 Å². The third kappa shape index (κ3) is 7.02. The van der Waals surface area contributed by atoms with E-state index in [9.17, 15) is 0 Å². The Bertz CT molecular complexity index is 3380. The Kier molecular flexibility index (Phi) is 10.3. The molecule has 5 heteroatoms. The van der Waals surface area contributed by atoms with Crippen LogP contribution in [0.3, 0.4) is 0 Å². The van der Waals surface area contributed by atoms with Crippen LogP contribution in [0.25, 0.3) is 11.1 Å². The number of rotatable bonds is 4. The van der Waals surface area contributed by atoms with Crippen molar-refractivity contribution in [3.8, 4) is 11.1 Å². The zero-order chi connectivity index (χ0) is 51.7. The smallest absolute Gasteiger partial charge is 0.251 e. The summed E-state index contributed by atoms with van der Waals surface area (Å²) >= 11 is 0. The predicted octanol–water partition coefficient (Wildman–Crippen LogP) is 15.5. The molecule has 372 valence electrons. The predicted molar refractivity (Wildman–Crippen MR) is 320 cm³/mol. The average Bonchev–Trinajstić information content (AvgIpc) is 3.54. The molecule has 0 bridgehead atoms. The maximum absolute atomic E-state index is 2.84. The van der Waals surface area contributed by atoms with Gasteiger partial charge in [0.1, 0.15) is 8.07 Å². The molecule has 1 saturated carbocycles. The van der Waals surface area contributed by atoms with Gasteiger partial charge in [0.15, 0.2) is 0 Å². The minimum Gasteiger partial charge on any atom is -0.334 e. The van der Waals surface area contributed by atoms with E-state index in [0.29, 0.717) is 0 Å². The minimum atomic E-state index is -2.30. The molecule has 3 nitrogen and oxygen atoms in total. The highest BCUT2D eigenvalue weighted by Gasteiger charge is 2.59. The van der Waals surface area contributed by atoms with Gasteiger partial charge < -0.3 is 14.7 Å². The molecule has 4 heterocycles. The number of hydrogen-bond acceptors (Lipinski definition) is 3. The molecule has 0 radical (unpaired) electrons. The van der Waals surface area contributed by atoms with E-state index in [2.05, 4.69) is 258 Å². The number of benzene rings is 7. The number of fused-ring (bicyclic) bond motifs is 3. The first-order valence-electron chi connectivity index (χ1n) is 27.6. The lowest BCUT2D eigenvalue weighted by atomic mass is 9.33. The fraction of sp³-hybridized carbons (Fsp3) is 0.382. The van der Waals surface area contributed by atoms with Crippen molar-refractivity contribution in [1.82, 2.24) is 0 Å². The molecule has 5 aliphatic rings. The molecule has 7 aromatic carbocycles. The molecule has 73 heavy (non-hydrogen) atoms. The van der Waals surface area contributed by atoms with E-state index in [1.54, 1.807) is 10.4 Å². The fourth-order valence-corrected chi connectivity index (χ4v) is 17.3. The molecule has 0 saturated heterocycles. The highest BCUT2D eigenvalue weighted by atomic mass is 28.3. The normalized spacial score (nSPS) is 20.5. The SMILES string of the molecule is CC(C)(C)c1ccc(N2c3cc(N4c5ccc(-c6ccccc6)cc5C5(C)CCCCC45C)cc4c3B3c5c(cccc5[Si](C)(C)c5cc(C(C)(C)C)cc2c53)N4c2cc(C(C)(C)C)cc(C(C)(C)C)c2)cc1. The average molecular weight is 976 g/mol. The summed E-state index contributed by atoms with van der Waals surface area (Å²) in [6, 6.07) is 53.7. The summed E-state index contributed by atoms with van der Waals surface area (Å²) in [5.74, 6) is 0. The van der Waals surface area contributed by atoms with Crippen LogP contribution in [-0.4, -0.2) is 20.3 Å². The molecule has 2 unspecified atom stereocenters. The molecule has 0 aromatic heterocycles. The fourth-order valence-electron chi connectivity index (χ4n) is 14.1. The van der Waals surface area contributed by atoms with Crippen LogP contribution in [0.5, 0.6) is 0 Å². The van der Waals surface area contributed by atoms with Crippen LogP contribution in [0.2, 0.25) is 13.1 Å². The second-order valence-electron chi connectivity index (χ2n) is 27.9. The van der Waals surface area contributed by atoms with Crippen LogP contribution in [0.15, 0.2) is 133 Å². The summed E-state index contributed by atoms with van der Waals surface area (Å²) in [5.41, 5.74) is 24.2. The molecule has 2 atom stereocenters. The van der Waals surface area contributed by atoms with E-state index in [1.807, 2.05) is 0 Å². The first kappa shape index (κ1) is 48.2. The van der Waals surface area contributed by atoms with Gasteiger partial charge in [-0.2, -0.15) is 0 Å². The van der Waals surface area contributed by atoms with Gasteiger partial charge in [-0.05, 0) is 157 Å². The highest BCUT2D eigenvalue weighted by molar-refractivity contribution is 7.16. The van der Waals surface area contributed by atoms with Crippen LogP contribution >= 0.6 is 0 Å². The van der Waals surface area contributed by atoms with Gasteiger partial charge in [-0.3, -0.25) is 0 Å². The van der Waals surface area contributed by atoms with Gasteiger partial charge in [-0.15, -0.1) is 0 Å². The molecule has 12 rings (SSSR count). The van der Waals surface area contributed by atoms with E-state index < -0.39 is 8.07 Å². The van der Waals surface area contributed by atoms with Gasteiger partial charge in [0, 0.05) is 50.9 Å². The van der Waals surface area contributed by atoms with Crippen LogP contribution < -0.4 is 41.5 Å². The zero-order valence-electron chi connectivity index (χ0n) is 46.9. The summed E-state index contributed by atoms with van der Waals surface area (Å²) in [6.45, 7) is 39.1. The summed E-state index contributed by atoms with van der Waals surface area (Å²) in [4.78, 5) is 8.31. The van der Waals surface area contributed by atoms with Crippen molar-refractivity contribution < 1.29 is 0 Å². The monoisotopic (exact) mass is 976 g/mol. The van der Waals surface area contributed by atoms with Gasteiger partial charge in [0.25, 0.3) is 6.71 Å². The van der Waals surface area contributed by atoms with Crippen LogP contribution in [0.1, 0.15) is 150 Å². The van der Waals surface area contributed by atoms with Crippen LogP contribution in [-0.2, 0) is 27.1 Å². The van der Waals surface area contributed by atoms with E-state index in [1.165, 1.54) is 120 Å². The molecule has 0 N–H and O–H groups in total. The topological polar surface area (TPSA) is 9.72 Å². The van der Waals surface area contributed by atoms with E-state index in [-0.39, 0.29) is 39.3 Å². The Morgan fingerprint density at radius 1 is 0.425 bits per heavy atom. The van der Waals surface area contributed by atoms with Gasteiger partial charge in [0.2, 0.25) is 0 Å². The zero-order valence-corrected chi connectivity index (χ0v) is 47.9. The summed E-state index contributed by atoms with van der Waals surface area (Å²) in [7, 11) is -2.30. The molecule has 1 aliphatic carbocycles. The Hall–Kier alpha value is -5.78. The largest absolute Gasteiger partial charge is 0.334 e. The van der Waals surface area contributed by atoms with Crippen molar-refractivity contribution in [2.45, 2.75) is 168 Å². The maximum Gasteiger partial charge on any atom is 0.251 e. The minimum absolute atomic E-state index is 0.0330. The maximum atomic E-state index is 2.84. The second kappa shape index (κ2) is 15.6. The third-order valence-corrected chi connectivity index (χ3v) is 22.3. The molecular formula is C68H78BN3Si. The Balaban J connectivity index is 1.23. The van der Waals surface area contributed by atoms with Gasteiger partial charge in [-0.25, -0.2) is 0 Å². The standard InChI is InChI=1S/C68H78BN3Si/c1-63(2,3)45-28-30-49(31-29-45)70-55-39-48(66(10,11)12)40-59-62(55)69-60-56(70)41-51(72-53-32-27-44(43-23-18-17-19-24-43)35-52(53)67(13)33-20-21-34-68(67,72)14)42-57(60)71(54-25-22-26-58(61(54)69)73(59,15)16)50-37-46(64(4,5)6)36-47(38-50)65(7,8)9/h17-19,22-32,35-42H,20-21,33-34H2,1-16H3. The summed E-state index contributed by atoms with van der Waals surface area (Å²) in [6.07, 6.45) is 4.76. The Labute approximate surface area is 440 Å². The molecule has 0 amide bonds. The first-order valence-corrected chi connectivity index (χ1v) is 30.6. The van der Waals surface area contributed by atoms with Gasteiger partial charge in [0.05, 0.1) is 5.54 Å². The Morgan fingerprint density at radius 3 is 1.60 bits per heavy atom. The molecular weight excluding hydrogens is 898 g/mol. The number of anilines is 8. The second-order valence-corrected chi connectivity index (χ2v) is 32.2. The van der Waals surface area contributed by atoms with E-state index in [4.69, 9.17) is 0 Å². The molecule has 7 aromatic rings. The van der Waals surface area contributed by atoms with Crippen LogP contribution in [0, 0.1) is 0 Å². The molecule has 4 aliphatic heterocycles. The molecule has 1 fully saturated rings. The Morgan fingerprint density at radius 2 is 0.986 bits per heavy atom. The van der Waals surface area contributed by atoms with Crippen LogP contribution in [0.4, 0.5) is 45.5 Å².